The highest BCUT2D eigenvalue weighted by Crippen LogP contribution is 2.22. The first-order valence-electron chi connectivity index (χ1n) is 8.24. The summed E-state index contributed by atoms with van der Waals surface area (Å²) in [5.74, 6) is -0.778. The van der Waals surface area contributed by atoms with Crippen LogP contribution in [0.1, 0.15) is 29.6 Å². The van der Waals surface area contributed by atoms with Gasteiger partial charge >= 0.3 is 0 Å². The zero-order chi connectivity index (χ0) is 18.7. The maximum atomic E-state index is 13.2. The van der Waals surface area contributed by atoms with Crippen LogP contribution in [-0.2, 0) is 10.0 Å². The van der Waals surface area contributed by atoms with Crippen molar-refractivity contribution in [2.45, 2.75) is 24.2 Å². The molecule has 8 heteroatoms. The molecule has 1 aliphatic heterocycles. The van der Waals surface area contributed by atoms with Gasteiger partial charge in [-0.25, -0.2) is 12.8 Å². The third kappa shape index (κ3) is 4.24. The molecule has 0 aliphatic carbocycles. The minimum Gasteiger partial charge on any atom is -0.322 e. The Labute approximate surface area is 165 Å². The van der Waals surface area contributed by atoms with Crippen LogP contribution in [0.5, 0.6) is 0 Å². The lowest BCUT2D eigenvalue weighted by Gasteiger charge is -2.25. The highest BCUT2D eigenvalue weighted by Gasteiger charge is 2.25. The predicted octanol–water partition coefficient (Wildman–Crippen LogP) is 3.86. The van der Waals surface area contributed by atoms with Crippen molar-refractivity contribution in [3.63, 3.8) is 0 Å². The molecule has 26 heavy (non-hydrogen) atoms. The molecule has 0 aromatic heterocycles. The lowest BCUT2D eigenvalue weighted by atomic mass is 10.2. The molecule has 3 rings (SSSR count). The van der Waals surface area contributed by atoms with E-state index in [2.05, 4.69) is 5.32 Å². The van der Waals surface area contributed by atoms with Crippen molar-refractivity contribution in [2.75, 3.05) is 18.4 Å². The fraction of sp³-hybridized carbons (Fsp3) is 0.278. The number of piperidine rings is 1. The average Bonchev–Trinajstić information content (AvgIpc) is 2.63. The Balaban J connectivity index is 1.74. The van der Waals surface area contributed by atoms with Crippen LogP contribution in [0, 0.1) is 9.39 Å². The topological polar surface area (TPSA) is 66.5 Å². The number of sulfonamides is 1. The summed E-state index contributed by atoms with van der Waals surface area (Å²) in [5.41, 5.74) is 0.838. The summed E-state index contributed by atoms with van der Waals surface area (Å²) in [6, 6.07) is 10.0. The molecule has 1 aliphatic rings. The second-order valence-electron chi connectivity index (χ2n) is 6.07. The fourth-order valence-electron chi connectivity index (χ4n) is 2.84. The van der Waals surface area contributed by atoms with Crippen LogP contribution >= 0.6 is 22.6 Å². The molecule has 1 amide bonds. The third-order valence-electron chi connectivity index (χ3n) is 4.24. The molecule has 0 radical (unpaired) electrons. The number of anilines is 1. The Hall–Kier alpha value is -1.52. The number of nitrogens with zero attached hydrogens (tertiary/aromatic N) is 1. The van der Waals surface area contributed by atoms with Crippen LogP contribution in [-0.4, -0.2) is 31.7 Å². The van der Waals surface area contributed by atoms with Crippen LogP contribution in [0.2, 0.25) is 0 Å². The Kier molecular flexibility index (Phi) is 5.93. The SMILES string of the molecule is O=C(Nc1ccc(S(=O)(=O)N2CCCCC2)cc1)c1ccc(F)cc1I. The molecule has 0 spiro atoms. The maximum absolute atomic E-state index is 13.2. The molecule has 2 aromatic carbocycles. The number of benzene rings is 2. The van der Waals surface area contributed by atoms with E-state index >= 15 is 0 Å². The molecule has 1 fully saturated rings. The summed E-state index contributed by atoms with van der Waals surface area (Å²) in [4.78, 5) is 12.5. The van der Waals surface area contributed by atoms with Gasteiger partial charge in [0.15, 0.2) is 0 Å². The van der Waals surface area contributed by atoms with E-state index in [0.717, 1.165) is 19.3 Å². The standard InChI is InChI=1S/C18H18FIN2O3S/c19-13-4-9-16(17(20)12-13)18(23)21-14-5-7-15(8-6-14)26(24,25)22-10-2-1-3-11-22/h4-9,12H,1-3,10-11H2,(H,21,23). The molecule has 2 aromatic rings. The molecular weight excluding hydrogens is 470 g/mol. The van der Waals surface area contributed by atoms with Gasteiger partial charge in [-0.3, -0.25) is 4.79 Å². The Morgan fingerprint density at radius 1 is 1.04 bits per heavy atom. The number of hydrogen-bond donors (Lipinski definition) is 1. The van der Waals surface area contributed by atoms with Crippen molar-refractivity contribution in [3.05, 3.63) is 57.4 Å². The number of amides is 1. The van der Waals surface area contributed by atoms with E-state index in [4.69, 9.17) is 0 Å². The quantitative estimate of drug-likeness (QED) is 0.665. The van der Waals surface area contributed by atoms with Gasteiger partial charge in [-0.15, -0.1) is 0 Å². The van der Waals surface area contributed by atoms with Gasteiger partial charge in [0, 0.05) is 22.3 Å². The second-order valence-corrected chi connectivity index (χ2v) is 9.17. The number of rotatable bonds is 4. The number of halogens is 2. The second kappa shape index (κ2) is 8.01. The van der Waals surface area contributed by atoms with Crippen LogP contribution in [0.15, 0.2) is 47.4 Å². The van der Waals surface area contributed by atoms with Gasteiger partial charge in [-0.2, -0.15) is 4.31 Å². The van der Waals surface area contributed by atoms with Gasteiger partial charge in [0.25, 0.3) is 5.91 Å². The summed E-state index contributed by atoms with van der Waals surface area (Å²) in [7, 11) is -3.49. The van der Waals surface area contributed by atoms with Gasteiger partial charge in [0.2, 0.25) is 10.0 Å². The van der Waals surface area contributed by atoms with Gasteiger partial charge < -0.3 is 5.32 Å². The average molecular weight is 488 g/mol. The third-order valence-corrected chi connectivity index (χ3v) is 7.05. The molecule has 1 saturated heterocycles. The van der Waals surface area contributed by atoms with E-state index in [1.807, 2.05) is 22.6 Å². The van der Waals surface area contributed by atoms with Crippen LogP contribution < -0.4 is 5.32 Å². The van der Waals surface area contributed by atoms with E-state index in [0.29, 0.717) is 27.9 Å². The van der Waals surface area contributed by atoms with Crippen molar-refractivity contribution in [2.24, 2.45) is 0 Å². The monoisotopic (exact) mass is 488 g/mol. The predicted molar refractivity (Wildman–Crippen MR) is 106 cm³/mol. The van der Waals surface area contributed by atoms with E-state index in [1.54, 1.807) is 12.1 Å². The summed E-state index contributed by atoms with van der Waals surface area (Å²) in [5, 5.41) is 2.70. The molecule has 1 N–H and O–H groups in total. The van der Waals surface area contributed by atoms with E-state index in [-0.39, 0.29) is 10.8 Å². The van der Waals surface area contributed by atoms with Gasteiger partial charge in [0.05, 0.1) is 10.5 Å². The molecule has 0 unspecified atom stereocenters. The number of nitrogens with one attached hydrogen (secondary N) is 1. The molecule has 0 atom stereocenters. The van der Waals surface area contributed by atoms with Crippen molar-refractivity contribution in [1.29, 1.82) is 0 Å². The van der Waals surface area contributed by atoms with Gasteiger partial charge in [-0.05, 0) is 77.9 Å². The Bertz CT molecular complexity index is 911. The van der Waals surface area contributed by atoms with Gasteiger partial charge in [-0.1, -0.05) is 6.42 Å². The van der Waals surface area contributed by atoms with E-state index in [9.17, 15) is 17.6 Å². The molecule has 138 valence electrons. The summed E-state index contributed by atoms with van der Waals surface area (Å²) < 4.78 is 40.4. The fourth-order valence-corrected chi connectivity index (χ4v) is 5.08. The van der Waals surface area contributed by atoms with E-state index < -0.39 is 15.8 Å². The van der Waals surface area contributed by atoms with Crippen molar-refractivity contribution in [3.8, 4) is 0 Å². The molecular formula is C18H18FIN2O3S. The van der Waals surface area contributed by atoms with Crippen LogP contribution in [0.25, 0.3) is 0 Å². The molecule has 1 heterocycles. The molecule has 0 bridgehead atoms. The maximum Gasteiger partial charge on any atom is 0.256 e. The summed E-state index contributed by atoms with van der Waals surface area (Å²) >= 11 is 1.90. The highest BCUT2D eigenvalue weighted by atomic mass is 127. The number of hydrogen-bond acceptors (Lipinski definition) is 3. The van der Waals surface area contributed by atoms with Crippen molar-refractivity contribution in [1.82, 2.24) is 4.31 Å². The first kappa shape index (κ1) is 19.2. The zero-order valence-corrected chi connectivity index (χ0v) is 16.9. The Morgan fingerprint density at radius 3 is 2.31 bits per heavy atom. The lowest BCUT2D eigenvalue weighted by Crippen LogP contribution is -2.35. The lowest BCUT2D eigenvalue weighted by molar-refractivity contribution is 0.102. The van der Waals surface area contributed by atoms with Crippen molar-refractivity contribution >= 4 is 44.2 Å². The van der Waals surface area contributed by atoms with Gasteiger partial charge in [0.1, 0.15) is 5.82 Å². The minimum atomic E-state index is -3.49. The first-order valence-corrected chi connectivity index (χ1v) is 10.8. The minimum absolute atomic E-state index is 0.216. The summed E-state index contributed by atoms with van der Waals surface area (Å²) in [6.45, 7) is 1.09. The zero-order valence-electron chi connectivity index (χ0n) is 13.9. The highest BCUT2D eigenvalue weighted by molar-refractivity contribution is 14.1. The number of carbonyl (C=O) groups excluding carboxylic acids is 1. The van der Waals surface area contributed by atoms with Crippen LogP contribution in [0.4, 0.5) is 10.1 Å². The number of carbonyl (C=O) groups is 1. The smallest absolute Gasteiger partial charge is 0.256 e. The summed E-state index contributed by atoms with van der Waals surface area (Å²) in [6.07, 6.45) is 2.81. The normalized spacial score (nSPS) is 15.6. The van der Waals surface area contributed by atoms with Crippen molar-refractivity contribution < 1.29 is 17.6 Å². The Morgan fingerprint density at radius 2 is 1.69 bits per heavy atom. The first-order chi connectivity index (χ1) is 12.4. The molecule has 5 nitrogen and oxygen atoms in total. The largest absolute Gasteiger partial charge is 0.322 e. The van der Waals surface area contributed by atoms with E-state index in [1.165, 1.54) is 34.6 Å². The molecule has 0 saturated carbocycles. The van der Waals surface area contributed by atoms with Crippen LogP contribution in [0.3, 0.4) is 0 Å².